The van der Waals surface area contributed by atoms with E-state index in [4.69, 9.17) is 4.74 Å². The molecule has 0 radical (unpaired) electrons. The Morgan fingerprint density at radius 3 is 2.70 bits per heavy atom. The molecule has 10 heavy (non-hydrogen) atoms. The van der Waals surface area contributed by atoms with Crippen molar-refractivity contribution in [2.75, 3.05) is 0 Å². The number of hydrogen-bond acceptors (Lipinski definition) is 3. The Balaban J connectivity index is 2.38. The van der Waals surface area contributed by atoms with Crippen LogP contribution in [0.15, 0.2) is 0 Å². The molecule has 1 N–H and O–H groups in total. The fourth-order valence-corrected chi connectivity index (χ4v) is 1.42. The minimum atomic E-state index is 0.0764. The predicted molar refractivity (Wildman–Crippen MR) is 37.6 cm³/mol. The molecule has 3 nitrogen and oxygen atoms in total. The maximum Gasteiger partial charge on any atom is 0.293 e. The molecule has 1 aliphatic heterocycles. The van der Waals surface area contributed by atoms with E-state index < -0.39 is 0 Å². The van der Waals surface area contributed by atoms with Crippen molar-refractivity contribution in [3.8, 4) is 0 Å². The molecule has 0 saturated carbocycles. The zero-order valence-corrected chi connectivity index (χ0v) is 6.33. The molecule has 0 aromatic rings. The van der Waals surface area contributed by atoms with Gasteiger partial charge in [-0.15, -0.1) is 0 Å². The van der Waals surface area contributed by atoms with Gasteiger partial charge in [0, 0.05) is 18.5 Å². The Hall–Kier alpha value is -0.570. The molecule has 0 bridgehead atoms. The summed E-state index contributed by atoms with van der Waals surface area (Å²) in [6.45, 7) is 4.64. The summed E-state index contributed by atoms with van der Waals surface area (Å²) in [6, 6.07) is 0.778. The molecular formula is C7H13NO2. The Kier molecular flexibility index (Phi) is 2.27. The average Bonchev–Trinajstić information content (AvgIpc) is 2.13. The first-order chi connectivity index (χ1) is 4.74. The first kappa shape index (κ1) is 7.54. The van der Waals surface area contributed by atoms with Gasteiger partial charge in [0.1, 0.15) is 6.10 Å². The summed E-state index contributed by atoms with van der Waals surface area (Å²) in [4.78, 5) is 9.96. The normalized spacial score (nSPS) is 39.6. The van der Waals surface area contributed by atoms with Crippen molar-refractivity contribution >= 4 is 6.47 Å². The van der Waals surface area contributed by atoms with Gasteiger partial charge in [0.2, 0.25) is 0 Å². The van der Waals surface area contributed by atoms with Gasteiger partial charge in [-0.25, -0.2) is 0 Å². The molecule has 0 aliphatic carbocycles. The van der Waals surface area contributed by atoms with Gasteiger partial charge < -0.3 is 10.1 Å². The average molecular weight is 143 g/mol. The second kappa shape index (κ2) is 3.01. The molecule has 1 aliphatic rings. The third kappa shape index (κ3) is 1.48. The van der Waals surface area contributed by atoms with Crippen molar-refractivity contribution in [3.63, 3.8) is 0 Å². The monoisotopic (exact) mass is 143 g/mol. The van der Waals surface area contributed by atoms with E-state index in [-0.39, 0.29) is 6.10 Å². The molecule has 0 amide bonds. The van der Waals surface area contributed by atoms with Crippen LogP contribution in [0.2, 0.25) is 0 Å². The van der Waals surface area contributed by atoms with Crippen molar-refractivity contribution < 1.29 is 9.53 Å². The third-order valence-corrected chi connectivity index (χ3v) is 1.92. The smallest absolute Gasteiger partial charge is 0.293 e. The zero-order valence-electron chi connectivity index (χ0n) is 6.33. The van der Waals surface area contributed by atoms with Crippen LogP contribution in [0.1, 0.15) is 20.3 Å². The second-order valence-corrected chi connectivity index (χ2v) is 2.86. The number of rotatable bonds is 2. The van der Waals surface area contributed by atoms with E-state index >= 15 is 0 Å². The van der Waals surface area contributed by atoms with E-state index in [9.17, 15) is 4.79 Å². The highest BCUT2D eigenvalue weighted by molar-refractivity contribution is 5.37. The Labute approximate surface area is 60.7 Å². The summed E-state index contributed by atoms with van der Waals surface area (Å²) in [5.74, 6) is 0. The van der Waals surface area contributed by atoms with E-state index in [1.807, 2.05) is 6.92 Å². The highest BCUT2D eigenvalue weighted by atomic mass is 16.5. The summed E-state index contributed by atoms with van der Waals surface area (Å²) < 4.78 is 4.84. The van der Waals surface area contributed by atoms with Crippen LogP contribution in [0.3, 0.4) is 0 Å². The molecule has 1 heterocycles. The lowest BCUT2D eigenvalue weighted by molar-refractivity contribution is -0.133. The van der Waals surface area contributed by atoms with E-state index in [1.54, 1.807) is 0 Å². The van der Waals surface area contributed by atoms with Gasteiger partial charge in [-0.05, 0) is 13.8 Å². The maximum absolute atomic E-state index is 9.96. The van der Waals surface area contributed by atoms with Gasteiger partial charge in [0.05, 0.1) is 0 Å². The Morgan fingerprint density at radius 1 is 1.60 bits per heavy atom. The summed E-state index contributed by atoms with van der Waals surface area (Å²) in [5, 5.41) is 3.27. The summed E-state index contributed by atoms with van der Waals surface area (Å²) in [7, 11) is 0. The van der Waals surface area contributed by atoms with Crippen LogP contribution in [-0.4, -0.2) is 24.7 Å². The van der Waals surface area contributed by atoms with Crippen LogP contribution >= 0.6 is 0 Å². The first-order valence-electron chi connectivity index (χ1n) is 3.59. The van der Waals surface area contributed by atoms with Crippen molar-refractivity contribution in [2.24, 2.45) is 0 Å². The van der Waals surface area contributed by atoms with Gasteiger partial charge in [0.25, 0.3) is 6.47 Å². The standard InChI is InChI=1S/C7H13NO2/c1-5-3-7(10-4-9)6(2)8-5/h4-8H,3H2,1-2H3. The molecule has 58 valence electrons. The SMILES string of the molecule is CC1CC(OC=O)C(C)N1. The van der Waals surface area contributed by atoms with Crippen LogP contribution in [0.25, 0.3) is 0 Å². The Bertz CT molecular complexity index is 127. The van der Waals surface area contributed by atoms with Crippen molar-refractivity contribution in [1.29, 1.82) is 0 Å². The zero-order chi connectivity index (χ0) is 7.56. The first-order valence-corrected chi connectivity index (χ1v) is 3.59. The number of hydrogen-bond donors (Lipinski definition) is 1. The van der Waals surface area contributed by atoms with Crippen LogP contribution in [-0.2, 0) is 9.53 Å². The van der Waals surface area contributed by atoms with E-state index in [1.165, 1.54) is 0 Å². The van der Waals surface area contributed by atoms with E-state index in [0.717, 1.165) is 6.42 Å². The topological polar surface area (TPSA) is 38.3 Å². The van der Waals surface area contributed by atoms with Gasteiger partial charge in [0.15, 0.2) is 0 Å². The summed E-state index contributed by atoms with van der Waals surface area (Å²) in [5.41, 5.74) is 0. The molecule has 3 atom stereocenters. The number of carbonyl (C=O) groups excluding carboxylic acids is 1. The van der Waals surface area contributed by atoms with Gasteiger partial charge in [-0.2, -0.15) is 0 Å². The lowest BCUT2D eigenvalue weighted by atomic mass is 10.2. The van der Waals surface area contributed by atoms with Crippen LogP contribution < -0.4 is 5.32 Å². The molecule has 1 rings (SSSR count). The lowest BCUT2D eigenvalue weighted by Gasteiger charge is -2.11. The largest absolute Gasteiger partial charge is 0.463 e. The van der Waals surface area contributed by atoms with E-state index in [0.29, 0.717) is 18.6 Å². The third-order valence-electron chi connectivity index (χ3n) is 1.92. The minimum Gasteiger partial charge on any atom is -0.463 e. The molecule has 3 heteroatoms. The fraction of sp³-hybridized carbons (Fsp3) is 0.857. The molecule has 1 saturated heterocycles. The number of carbonyl (C=O) groups is 1. The van der Waals surface area contributed by atoms with Crippen molar-refractivity contribution in [1.82, 2.24) is 5.32 Å². The minimum absolute atomic E-state index is 0.0764. The second-order valence-electron chi connectivity index (χ2n) is 2.86. The maximum atomic E-state index is 9.96. The molecule has 1 fully saturated rings. The summed E-state index contributed by atoms with van der Waals surface area (Å²) >= 11 is 0. The summed E-state index contributed by atoms with van der Waals surface area (Å²) in [6.07, 6.45) is 1.01. The quantitative estimate of drug-likeness (QED) is 0.565. The lowest BCUT2D eigenvalue weighted by Crippen LogP contribution is -2.30. The molecule has 0 aromatic carbocycles. The van der Waals surface area contributed by atoms with E-state index in [2.05, 4.69) is 12.2 Å². The van der Waals surface area contributed by atoms with Crippen LogP contribution in [0.4, 0.5) is 0 Å². The Morgan fingerprint density at radius 2 is 2.30 bits per heavy atom. The van der Waals surface area contributed by atoms with Crippen molar-refractivity contribution in [3.05, 3.63) is 0 Å². The van der Waals surface area contributed by atoms with Gasteiger partial charge in [-0.1, -0.05) is 0 Å². The number of ether oxygens (including phenoxy) is 1. The number of nitrogens with one attached hydrogen (secondary N) is 1. The molecule has 0 spiro atoms. The predicted octanol–water partition coefficient (Wildman–Crippen LogP) is 0.298. The molecule has 3 unspecified atom stereocenters. The fourth-order valence-electron chi connectivity index (χ4n) is 1.42. The molecule has 0 aromatic heterocycles. The van der Waals surface area contributed by atoms with Gasteiger partial charge >= 0.3 is 0 Å². The van der Waals surface area contributed by atoms with Crippen LogP contribution in [0.5, 0.6) is 0 Å². The van der Waals surface area contributed by atoms with Crippen molar-refractivity contribution in [2.45, 2.75) is 38.5 Å². The van der Waals surface area contributed by atoms with Gasteiger partial charge in [-0.3, -0.25) is 4.79 Å². The van der Waals surface area contributed by atoms with Crippen LogP contribution in [0, 0.1) is 0 Å². The molecular weight excluding hydrogens is 130 g/mol. The highest BCUT2D eigenvalue weighted by Crippen LogP contribution is 2.14. The highest BCUT2D eigenvalue weighted by Gasteiger charge is 2.28.